The maximum atomic E-state index is 14.2. The quantitative estimate of drug-likeness (QED) is 0.0847. The van der Waals surface area contributed by atoms with Crippen molar-refractivity contribution in [1.82, 2.24) is 10.6 Å². The van der Waals surface area contributed by atoms with Crippen LogP contribution in [0.5, 0.6) is 0 Å². The predicted molar refractivity (Wildman–Crippen MR) is 173 cm³/mol. The van der Waals surface area contributed by atoms with Crippen molar-refractivity contribution in [2.75, 3.05) is 0 Å². The SMILES string of the molecule is CCc1cc(C(=O)N[C@@H](Cc2ccc(C(F)(F)P(=O)(O)O)cc2)C(=O)N[C@@H](Cc2ccc(C(F)(F)P(=O)(O)O)cc2)C(N)=O)cc(C2(C(F)(F)F)N=N2)c1. The van der Waals surface area contributed by atoms with Gasteiger partial charge < -0.3 is 35.9 Å². The van der Waals surface area contributed by atoms with Crippen LogP contribution in [0.3, 0.4) is 0 Å². The fourth-order valence-corrected chi connectivity index (χ4v) is 6.08. The van der Waals surface area contributed by atoms with Crippen LogP contribution in [0.25, 0.3) is 0 Å². The van der Waals surface area contributed by atoms with Gasteiger partial charge in [0.15, 0.2) is 0 Å². The Morgan fingerprint density at radius 2 is 1.17 bits per heavy atom. The molecule has 2 atom stereocenters. The molecule has 0 spiro atoms. The summed E-state index contributed by atoms with van der Waals surface area (Å²) < 4.78 is 121. The number of nitrogens with one attached hydrogen (secondary N) is 2. The summed E-state index contributed by atoms with van der Waals surface area (Å²) in [6.07, 6.45) is -5.85. The van der Waals surface area contributed by atoms with Crippen LogP contribution in [0.2, 0.25) is 0 Å². The van der Waals surface area contributed by atoms with Gasteiger partial charge in [0.2, 0.25) is 11.8 Å². The number of rotatable bonds is 15. The Bertz CT molecular complexity index is 2050. The Hall–Kier alpha value is -4.52. The number of nitrogens with zero attached hydrogens (tertiary/aromatic N) is 2. The van der Waals surface area contributed by atoms with Crippen LogP contribution in [-0.2, 0) is 55.0 Å². The predicted octanol–water partition coefficient (Wildman–Crippen LogP) is 4.44. The maximum absolute atomic E-state index is 14.2. The number of carbonyl (C=O) groups excluding carboxylic acids is 3. The molecule has 1 aliphatic heterocycles. The first-order chi connectivity index (χ1) is 24.7. The summed E-state index contributed by atoms with van der Waals surface area (Å²) in [6.45, 7) is 1.58. The van der Waals surface area contributed by atoms with E-state index in [0.717, 1.165) is 36.4 Å². The van der Waals surface area contributed by atoms with Gasteiger partial charge in [-0.25, -0.2) is 0 Å². The Morgan fingerprint density at radius 3 is 1.54 bits per heavy atom. The van der Waals surface area contributed by atoms with Gasteiger partial charge in [-0.2, -0.15) is 30.7 Å². The minimum Gasteiger partial charge on any atom is -0.368 e. The third-order valence-corrected chi connectivity index (χ3v) is 10.2. The number of aryl methyl sites for hydroxylation is 1. The molecule has 3 aromatic carbocycles. The first kappa shape index (κ1) is 42.2. The number of amides is 3. The van der Waals surface area contributed by atoms with Gasteiger partial charge in [-0.3, -0.25) is 23.5 Å². The van der Waals surface area contributed by atoms with Crippen molar-refractivity contribution >= 4 is 32.9 Å². The number of halogens is 7. The molecule has 0 fully saturated rings. The first-order valence-electron chi connectivity index (χ1n) is 15.3. The standard InChI is InChI=1S/C31H30F7N5O9P2/c1-2-16-11-19(15-22(12-16)28(42-43-28)31(36,37)38)26(45)41-24(14-18-5-9-21(10-6-18)30(34,35)54(50,51)52)27(46)40-23(25(39)44)13-17-3-7-20(8-4-17)29(32,33)53(47,48)49/h3-12,15,23-24H,2,13-14H2,1H3,(H2,39,44)(H,40,46)(H,41,45)(H2,47,48,49)(H2,50,51,52)/t23-,24-/m0/s1. The number of nitrogens with two attached hydrogens (primary N) is 1. The second-order valence-electron chi connectivity index (χ2n) is 12.1. The average Bonchev–Trinajstić information content (AvgIpc) is 3.90. The topological polar surface area (TPSA) is 241 Å². The number of primary amides is 1. The number of hydrogen-bond donors (Lipinski definition) is 7. The molecule has 0 unspecified atom stereocenters. The van der Waals surface area contributed by atoms with Crippen LogP contribution >= 0.6 is 15.2 Å². The molecule has 54 heavy (non-hydrogen) atoms. The highest BCUT2D eigenvalue weighted by molar-refractivity contribution is 7.52. The molecule has 1 heterocycles. The molecule has 0 radical (unpaired) electrons. The van der Waals surface area contributed by atoms with Gasteiger partial charge in [-0.15, -0.1) is 10.2 Å². The first-order valence-corrected chi connectivity index (χ1v) is 18.6. The molecule has 23 heteroatoms. The molecule has 0 aromatic heterocycles. The molecule has 292 valence electrons. The number of alkyl halides is 7. The summed E-state index contributed by atoms with van der Waals surface area (Å²) in [5.74, 6) is -3.46. The average molecular weight is 812 g/mol. The fourth-order valence-electron chi connectivity index (χ4n) is 5.11. The Kier molecular flexibility index (Phi) is 11.7. The van der Waals surface area contributed by atoms with Crippen molar-refractivity contribution in [3.8, 4) is 0 Å². The van der Waals surface area contributed by atoms with E-state index in [1.54, 1.807) is 6.92 Å². The molecule has 0 bridgehead atoms. The zero-order valence-corrected chi connectivity index (χ0v) is 29.3. The van der Waals surface area contributed by atoms with Crippen molar-refractivity contribution in [3.05, 3.63) is 106 Å². The summed E-state index contributed by atoms with van der Waals surface area (Å²) in [4.78, 5) is 75.6. The lowest BCUT2D eigenvalue weighted by molar-refractivity contribution is -0.166. The van der Waals surface area contributed by atoms with E-state index in [4.69, 9.17) is 25.3 Å². The van der Waals surface area contributed by atoms with Crippen LogP contribution in [0.4, 0.5) is 30.7 Å². The summed E-state index contributed by atoms with van der Waals surface area (Å²) >= 11 is 0. The number of carbonyl (C=O) groups is 3. The molecule has 1 aliphatic rings. The number of hydrogen-bond acceptors (Lipinski definition) is 7. The lowest BCUT2D eigenvalue weighted by Gasteiger charge is -2.23. The van der Waals surface area contributed by atoms with E-state index in [9.17, 15) is 54.2 Å². The summed E-state index contributed by atoms with van der Waals surface area (Å²) in [6, 6.07) is 6.32. The molecule has 4 rings (SSSR count). The van der Waals surface area contributed by atoms with Crippen molar-refractivity contribution in [3.63, 3.8) is 0 Å². The van der Waals surface area contributed by atoms with E-state index in [1.807, 2.05) is 0 Å². The zero-order valence-electron chi connectivity index (χ0n) is 27.5. The molecular weight excluding hydrogens is 781 g/mol. The highest BCUT2D eigenvalue weighted by Gasteiger charge is 2.65. The van der Waals surface area contributed by atoms with Gasteiger partial charge in [0, 0.05) is 35.1 Å². The lowest BCUT2D eigenvalue weighted by atomic mass is 9.95. The smallest absolute Gasteiger partial charge is 0.368 e. The second kappa shape index (κ2) is 15.0. The zero-order chi connectivity index (χ0) is 40.7. The van der Waals surface area contributed by atoms with E-state index >= 15 is 0 Å². The van der Waals surface area contributed by atoms with Gasteiger partial charge in [0.05, 0.1) is 0 Å². The summed E-state index contributed by atoms with van der Waals surface area (Å²) in [5, 5.41) is 10.8. The largest absolute Gasteiger partial charge is 0.442 e. The normalized spacial score (nSPS) is 15.6. The van der Waals surface area contributed by atoms with E-state index in [0.29, 0.717) is 24.3 Å². The van der Waals surface area contributed by atoms with E-state index in [-0.39, 0.29) is 28.7 Å². The van der Waals surface area contributed by atoms with Gasteiger partial charge in [0.25, 0.3) is 5.91 Å². The molecule has 14 nitrogen and oxygen atoms in total. The van der Waals surface area contributed by atoms with Crippen LogP contribution in [0, 0.1) is 0 Å². The van der Waals surface area contributed by atoms with Crippen molar-refractivity contribution in [2.45, 2.75) is 61.4 Å². The minimum absolute atomic E-state index is 0.00696. The van der Waals surface area contributed by atoms with Crippen LogP contribution in [-0.4, -0.2) is 55.6 Å². The van der Waals surface area contributed by atoms with Crippen molar-refractivity contribution in [1.29, 1.82) is 0 Å². The van der Waals surface area contributed by atoms with Gasteiger partial charge in [-0.05, 0) is 35.2 Å². The van der Waals surface area contributed by atoms with Crippen LogP contribution in [0.15, 0.2) is 77.0 Å². The van der Waals surface area contributed by atoms with Crippen molar-refractivity contribution in [2.24, 2.45) is 16.0 Å². The molecular formula is C31H30F7N5O9P2. The highest BCUT2D eigenvalue weighted by Crippen LogP contribution is 2.60. The van der Waals surface area contributed by atoms with E-state index < -0.39 is 97.7 Å². The van der Waals surface area contributed by atoms with Gasteiger partial charge >= 0.3 is 38.4 Å². The van der Waals surface area contributed by atoms with E-state index in [1.165, 1.54) is 6.07 Å². The fraction of sp³-hybridized carbons (Fsp3) is 0.323. The van der Waals surface area contributed by atoms with Crippen LogP contribution < -0.4 is 16.4 Å². The minimum atomic E-state index is -5.96. The highest BCUT2D eigenvalue weighted by atomic mass is 31.2. The molecule has 0 aliphatic carbocycles. The Balaban J connectivity index is 1.65. The monoisotopic (exact) mass is 811 g/mol. The summed E-state index contributed by atoms with van der Waals surface area (Å²) in [5.41, 5.74) is -9.33. The molecule has 0 saturated carbocycles. The molecule has 3 amide bonds. The second-order valence-corrected chi connectivity index (χ2v) is 15.4. The number of benzene rings is 3. The van der Waals surface area contributed by atoms with Crippen LogP contribution in [0.1, 0.15) is 50.7 Å². The van der Waals surface area contributed by atoms with Gasteiger partial charge in [0.1, 0.15) is 12.1 Å². The molecule has 8 N–H and O–H groups in total. The third-order valence-electron chi connectivity index (χ3n) is 8.26. The van der Waals surface area contributed by atoms with Gasteiger partial charge in [-0.1, -0.05) is 61.5 Å². The third kappa shape index (κ3) is 8.88. The Labute approximate surface area is 300 Å². The lowest BCUT2D eigenvalue weighted by Crippen LogP contribution is -2.54. The van der Waals surface area contributed by atoms with E-state index in [2.05, 4.69) is 20.9 Å². The van der Waals surface area contributed by atoms with Crippen molar-refractivity contribution < 1.29 is 73.8 Å². The summed E-state index contributed by atoms with van der Waals surface area (Å²) in [7, 11) is -11.9. The molecule has 0 saturated heterocycles. The maximum Gasteiger partial charge on any atom is 0.442 e. The molecule has 3 aromatic rings. The Morgan fingerprint density at radius 1 is 0.722 bits per heavy atom.